The predicted octanol–water partition coefficient (Wildman–Crippen LogP) is 3.48. The zero-order valence-corrected chi connectivity index (χ0v) is 12.0. The Hall–Kier alpha value is -2.03. The van der Waals surface area contributed by atoms with Crippen LogP contribution >= 0.6 is 0 Å². The lowest BCUT2D eigenvalue weighted by Gasteiger charge is -2.27. The number of hydrogen-bond acceptors (Lipinski definition) is 2. The summed E-state index contributed by atoms with van der Waals surface area (Å²) in [5, 5.41) is 3.64. The van der Waals surface area contributed by atoms with Crippen LogP contribution in [0.5, 0.6) is 0 Å². The van der Waals surface area contributed by atoms with Crippen molar-refractivity contribution in [3.63, 3.8) is 0 Å². The number of benzene rings is 1. The molecule has 0 amide bonds. The van der Waals surface area contributed by atoms with E-state index in [1.165, 1.54) is 22.4 Å². The molecule has 0 spiro atoms. The Morgan fingerprint density at radius 1 is 1.20 bits per heavy atom. The number of H-pyrrole nitrogens is 1. The minimum atomic E-state index is -0.00358. The molecule has 0 saturated heterocycles. The van der Waals surface area contributed by atoms with Gasteiger partial charge in [0.25, 0.3) is 0 Å². The van der Waals surface area contributed by atoms with Crippen molar-refractivity contribution in [3.05, 3.63) is 63.1 Å². The first-order chi connectivity index (χ1) is 9.63. The van der Waals surface area contributed by atoms with Crippen molar-refractivity contribution in [1.82, 2.24) is 4.98 Å². The summed E-state index contributed by atoms with van der Waals surface area (Å²) in [6.07, 6.45) is 3.18. The van der Waals surface area contributed by atoms with Crippen LogP contribution in [0.15, 0.2) is 35.1 Å². The molecular formula is C17H20N2O. The second kappa shape index (κ2) is 5.16. The zero-order valence-electron chi connectivity index (χ0n) is 12.0. The van der Waals surface area contributed by atoms with E-state index in [1.54, 1.807) is 6.07 Å². The summed E-state index contributed by atoms with van der Waals surface area (Å²) >= 11 is 0. The van der Waals surface area contributed by atoms with Crippen molar-refractivity contribution in [2.24, 2.45) is 0 Å². The van der Waals surface area contributed by atoms with Gasteiger partial charge in [-0.2, -0.15) is 0 Å². The summed E-state index contributed by atoms with van der Waals surface area (Å²) in [5.74, 6) is 0. The molecule has 3 rings (SSSR count). The minimum absolute atomic E-state index is 0.00358. The molecule has 2 aromatic rings. The first-order valence-corrected chi connectivity index (χ1v) is 7.19. The van der Waals surface area contributed by atoms with Gasteiger partial charge < -0.3 is 10.3 Å². The maximum atomic E-state index is 11.4. The molecule has 0 aliphatic heterocycles. The van der Waals surface area contributed by atoms with E-state index in [2.05, 4.69) is 42.3 Å². The third-order valence-electron chi connectivity index (χ3n) is 4.05. The van der Waals surface area contributed by atoms with E-state index in [0.717, 1.165) is 25.0 Å². The molecule has 0 radical (unpaired) electrons. The molecule has 0 fully saturated rings. The molecule has 2 N–H and O–H groups in total. The fourth-order valence-corrected chi connectivity index (χ4v) is 2.93. The summed E-state index contributed by atoms with van der Waals surface area (Å²) in [6.45, 7) is 4.23. The van der Waals surface area contributed by atoms with Gasteiger partial charge in [0.05, 0.1) is 6.04 Å². The topological polar surface area (TPSA) is 44.9 Å². The Bertz CT molecular complexity index is 688. The van der Waals surface area contributed by atoms with Gasteiger partial charge >= 0.3 is 0 Å². The molecule has 1 aliphatic rings. The van der Waals surface area contributed by atoms with Gasteiger partial charge in [-0.25, -0.2) is 0 Å². The third kappa shape index (κ3) is 2.48. The van der Waals surface area contributed by atoms with E-state index >= 15 is 0 Å². The second-order valence-corrected chi connectivity index (χ2v) is 5.66. The molecule has 1 heterocycles. The summed E-state index contributed by atoms with van der Waals surface area (Å²) in [6, 6.07) is 10.4. The van der Waals surface area contributed by atoms with Crippen LogP contribution in [0.25, 0.3) is 0 Å². The van der Waals surface area contributed by atoms with E-state index < -0.39 is 0 Å². The van der Waals surface area contributed by atoms with Crippen molar-refractivity contribution >= 4 is 5.69 Å². The number of aryl methyl sites for hydroxylation is 3. The summed E-state index contributed by atoms with van der Waals surface area (Å²) in [7, 11) is 0. The van der Waals surface area contributed by atoms with Crippen LogP contribution in [0.2, 0.25) is 0 Å². The monoisotopic (exact) mass is 268 g/mol. The molecule has 0 saturated carbocycles. The first-order valence-electron chi connectivity index (χ1n) is 7.19. The Labute approximate surface area is 119 Å². The van der Waals surface area contributed by atoms with E-state index in [-0.39, 0.29) is 11.6 Å². The van der Waals surface area contributed by atoms with Crippen LogP contribution in [0, 0.1) is 13.8 Å². The number of aromatic amines is 1. The summed E-state index contributed by atoms with van der Waals surface area (Å²) in [5.41, 5.74) is 6.02. The predicted molar refractivity (Wildman–Crippen MR) is 82.3 cm³/mol. The maximum absolute atomic E-state index is 11.4. The molecule has 1 aliphatic carbocycles. The highest BCUT2D eigenvalue weighted by Crippen LogP contribution is 2.32. The third-order valence-corrected chi connectivity index (χ3v) is 4.05. The van der Waals surface area contributed by atoms with Crippen molar-refractivity contribution in [2.45, 2.75) is 39.2 Å². The van der Waals surface area contributed by atoms with Crippen molar-refractivity contribution < 1.29 is 0 Å². The van der Waals surface area contributed by atoms with Crippen LogP contribution in [0.1, 0.15) is 41.3 Å². The SMILES string of the molecule is Cc1ccc(C)c(NC2CCCc3[nH]c(=O)ccc32)c1. The maximum Gasteiger partial charge on any atom is 0.248 e. The Balaban J connectivity index is 1.93. The van der Waals surface area contributed by atoms with Crippen molar-refractivity contribution in [1.29, 1.82) is 0 Å². The molecule has 3 nitrogen and oxygen atoms in total. The minimum Gasteiger partial charge on any atom is -0.378 e. The molecule has 3 heteroatoms. The number of fused-ring (bicyclic) bond motifs is 1. The largest absolute Gasteiger partial charge is 0.378 e. The number of hydrogen-bond donors (Lipinski definition) is 2. The number of aromatic nitrogens is 1. The summed E-state index contributed by atoms with van der Waals surface area (Å²) < 4.78 is 0. The smallest absolute Gasteiger partial charge is 0.248 e. The van der Waals surface area contributed by atoms with E-state index in [9.17, 15) is 4.79 Å². The van der Waals surface area contributed by atoms with Crippen LogP contribution in [0.4, 0.5) is 5.69 Å². The number of rotatable bonds is 2. The molecule has 0 bridgehead atoms. The van der Waals surface area contributed by atoms with Crippen LogP contribution < -0.4 is 10.9 Å². The Kier molecular flexibility index (Phi) is 3.35. The number of pyridine rings is 1. The first kappa shape index (κ1) is 13.0. The molecule has 20 heavy (non-hydrogen) atoms. The molecule has 1 aromatic heterocycles. The lowest BCUT2D eigenvalue weighted by atomic mass is 9.91. The quantitative estimate of drug-likeness (QED) is 0.875. The zero-order chi connectivity index (χ0) is 14.1. The van der Waals surface area contributed by atoms with Gasteiger partial charge in [0.2, 0.25) is 5.56 Å². The molecular weight excluding hydrogens is 248 g/mol. The van der Waals surface area contributed by atoms with E-state index in [0.29, 0.717) is 0 Å². The Morgan fingerprint density at radius 2 is 2.05 bits per heavy atom. The van der Waals surface area contributed by atoms with Gasteiger partial charge in [0, 0.05) is 17.4 Å². The highest BCUT2D eigenvalue weighted by atomic mass is 16.1. The van der Waals surface area contributed by atoms with Crippen LogP contribution in [-0.4, -0.2) is 4.98 Å². The second-order valence-electron chi connectivity index (χ2n) is 5.66. The van der Waals surface area contributed by atoms with E-state index in [1.807, 2.05) is 6.07 Å². The fraction of sp³-hybridized carbons (Fsp3) is 0.353. The van der Waals surface area contributed by atoms with Gasteiger partial charge in [0.15, 0.2) is 0 Å². The summed E-state index contributed by atoms with van der Waals surface area (Å²) in [4.78, 5) is 14.4. The fourth-order valence-electron chi connectivity index (χ4n) is 2.93. The highest BCUT2D eigenvalue weighted by Gasteiger charge is 2.21. The van der Waals surface area contributed by atoms with Crippen LogP contribution in [-0.2, 0) is 6.42 Å². The van der Waals surface area contributed by atoms with Crippen LogP contribution in [0.3, 0.4) is 0 Å². The molecule has 104 valence electrons. The molecule has 1 unspecified atom stereocenters. The van der Waals surface area contributed by atoms with Crippen molar-refractivity contribution in [2.75, 3.05) is 5.32 Å². The number of anilines is 1. The van der Waals surface area contributed by atoms with E-state index in [4.69, 9.17) is 0 Å². The normalized spacial score (nSPS) is 17.6. The average molecular weight is 268 g/mol. The van der Waals surface area contributed by atoms with Gasteiger partial charge in [-0.3, -0.25) is 4.79 Å². The van der Waals surface area contributed by atoms with Gasteiger partial charge in [-0.15, -0.1) is 0 Å². The lowest BCUT2D eigenvalue weighted by molar-refractivity contribution is 0.586. The standard InChI is InChI=1S/C17H20N2O/c1-11-6-7-12(2)16(10-11)18-14-4-3-5-15-13(14)8-9-17(20)19-15/h6-10,14,18H,3-5H2,1-2H3,(H,19,20). The Morgan fingerprint density at radius 3 is 2.90 bits per heavy atom. The highest BCUT2D eigenvalue weighted by molar-refractivity contribution is 5.54. The van der Waals surface area contributed by atoms with Gasteiger partial charge in [0.1, 0.15) is 0 Å². The molecule has 1 atom stereocenters. The number of nitrogens with one attached hydrogen (secondary N) is 2. The van der Waals surface area contributed by atoms with Gasteiger partial charge in [-0.05, 0) is 61.9 Å². The molecule has 1 aromatic carbocycles. The van der Waals surface area contributed by atoms with Crippen molar-refractivity contribution in [3.8, 4) is 0 Å². The average Bonchev–Trinajstić information content (AvgIpc) is 2.43. The van der Waals surface area contributed by atoms with Gasteiger partial charge in [-0.1, -0.05) is 12.1 Å². The lowest BCUT2D eigenvalue weighted by Crippen LogP contribution is -2.21.